The van der Waals surface area contributed by atoms with Gasteiger partial charge in [0.25, 0.3) is 5.75 Å². The highest BCUT2D eigenvalue weighted by atomic mass is 35.5. The minimum atomic E-state index is -0.487. The number of nitrogens with zero attached hydrogens (tertiary/aromatic N) is 2. The largest absolute Gasteiger partial charge is 0.593 e. The van der Waals surface area contributed by atoms with E-state index < -0.39 is 5.82 Å². The average Bonchev–Trinajstić information content (AvgIpc) is 2.85. The Labute approximate surface area is 213 Å². The number of thioether (sulfide) groups is 1. The lowest BCUT2D eigenvalue weighted by molar-refractivity contribution is 0.423. The van der Waals surface area contributed by atoms with Gasteiger partial charge in [-0.3, -0.25) is 0 Å². The van der Waals surface area contributed by atoms with Crippen LogP contribution in [0.25, 0.3) is 0 Å². The number of aromatic hydroxyl groups is 1. The van der Waals surface area contributed by atoms with Crippen molar-refractivity contribution in [1.29, 1.82) is 0 Å². The van der Waals surface area contributed by atoms with E-state index in [2.05, 4.69) is 4.90 Å². The number of hydrogen-bond donors (Lipinski definition) is 1. The molecule has 0 radical (unpaired) electrons. The molecule has 0 heterocycles. The van der Waals surface area contributed by atoms with Gasteiger partial charge < -0.3 is 15.1 Å². The van der Waals surface area contributed by atoms with E-state index >= 15 is 0 Å². The Morgan fingerprint density at radius 2 is 1.69 bits per heavy atom. The lowest BCUT2D eigenvalue weighted by atomic mass is 10.1. The van der Waals surface area contributed by atoms with Gasteiger partial charge in [-0.15, -0.1) is 0 Å². The quantitative estimate of drug-likeness (QED) is 0.125. The molecule has 3 N–H and O–H groups in total. The van der Waals surface area contributed by atoms with Crippen LogP contribution >= 0.6 is 23.4 Å². The van der Waals surface area contributed by atoms with Crippen molar-refractivity contribution in [3.05, 3.63) is 119 Å². The van der Waals surface area contributed by atoms with Gasteiger partial charge in [0.05, 0.1) is 10.7 Å². The van der Waals surface area contributed by atoms with Crippen LogP contribution in [0.3, 0.4) is 0 Å². The van der Waals surface area contributed by atoms with Gasteiger partial charge in [-0.25, -0.2) is 9.38 Å². The van der Waals surface area contributed by atoms with Gasteiger partial charge in [0, 0.05) is 30.1 Å². The van der Waals surface area contributed by atoms with E-state index in [0.717, 1.165) is 21.2 Å². The second kappa shape index (κ2) is 11.8. The molecule has 0 spiro atoms. The first-order chi connectivity index (χ1) is 17.0. The molecular weight excluding hydrogens is 483 g/mol. The van der Waals surface area contributed by atoms with Gasteiger partial charge in [-0.05, 0) is 60.0 Å². The molecule has 4 aromatic rings. The maximum Gasteiger partial charge on any atom is 0.254 e. The summed E-state index contributed by atoms with van der Waals surface area (Å²) in [6.07, 6.45) is 0.712. The van der Waals surface area contributed by atoms with Crippen molar-refractivity contribution in [3.63, 3.8) is 0 Å². The zero-order valence-electron chi connectivity index (χ0n) is 18.9. The molecule has 0 aliphatic rings. The van der Waals surface area contributed by atoms with Crippen molar-refractivity contribution in [2.24, 2.45) is 4.99 Å². The molecule has 0 saturated heterocycles. The van der Waals surface area contributed by atoms with E-state index in [-0.39, 0.29) is 10.8 Å². The number of halogens is 2. The molecule has 0 aromatic heterocycles. The Hall–Kier alpha value is -3.48. The predicted octanol–water partition coefficient (Wildman–Crippen LogP) is 7.15. The van der Waals surface area contributed by atoms with Gasteiger partial charge >= 0.3 is 0 Å². The standard InChI is InChI=1S/C28H24ClFN2O2S/c29-26-18-22(11-14-27(26)30)31-28(35-25-7-2-1-3-8-25)32(19-21-9-12-23(33)13-10-21)16-15-20-5-4-6-24(34)17-20/h1-14,17-18,33-34H,15-16,19H2/p+1. The number of rotatable bonds is 7. The minimum Gasteiger partial charge on any atom is -0.593 e. The smallest absolute Gasteiger partial charge is 0.254 e. The lowest BCUT2D eigenvalue weighted by Gasteiger charge is -2.26. The molecule has 0 fully saturated rings. The third-order valence-electron chi connectivity index (χ3n) is 5.26. The van der Waals surface area contributed by atoms with Crippen LogP contribution in [0.5, 0.6) is 11.5 Å². The molecule has 0 aliphatic heterocycles. The topological polar surface area (TPSA) is 58.7 Å². The minimum absolute atomic E-state index is 0.0210. The van der Waals surface area contributed by atoms with Crippen molar-refractivity contribution in [1.82, 2.24) is 4.90 Å². The summed E-state index contributed by atoms with van der Waals surface area (Å²) in [6.45, 7) is 1.19. The fraction of sp³-hybridized carbons (Fsp3) is 0.107. The zero-order chi connectivity index (χ0) is 24.6. The molecule has 0 bridgehead atoms. The summed E-state index contributed by atoms with van der Waals surface area (Å²) in [5.74, 6) is 0.196. The van der Waals surface area contributed by atoms with Crippen LogP contribution in [-0.4, -0.2) is 26.8 Å². The Morgan fingerprint density at radius 1 is 0.914 bits per heavy atom. The molecule has 4 rings (SSSR count). The second-order valence-electron chi connectivity index (χ2n) is 7.95. The SMILES string of the molecule is Oc1ccc(CN(CCc2cccc([OH2+])c2)C(=Nc2ccc(F)c(Cl)c2)Sc2ccccc2)cc1. The predicted molar refractivity (Wildman–Crippen MR) is 143 cm³/mol. The molecule has 0 unspecified atom stereocenters. The maximum atomic E-state index is 13.8. The van der Waals surface area contributed by atoms with Crippen LogP contribution in [0.1, 0.15) is 11.1 Å². The number of phenolic OH excluding ortho intramolecular Hbond substituents is 1. The highest BCUT2D eigenvalue weighted by Crippen LogP contribution is 2.28. The molecule has 0 saturated carbocycles. The number of phenols is 1. The summed E-state index contributed by atoms with van der Waals surface area (Å²) in [5.41, 5.74) is 2.62. The number of benzene rings is 4. The molecule has 0 atom stereocenters. The van der Waals surface area contributed by atoms with Crippen LogP contribution in [0.15, 0.2) is 107 Å². The van der Waals surface area contributed by atoms with Gasteiger partial charge in [0.2, 0.25) is 0 Å². The number of hydrogen-bond acceptors (Lipinski definition) is 3. The Bertz CT molecular complexity index is 1300. The lowest BCUT2D eigenvalue weighted by Crippen LogP contribution is -2.30. The van der Waals surface area contributed by atoms with Gasteiger partial charge in [-0.1, -0.05) is 65.8 Å². The monoisotopic (exact) mass is 507 g/mol. The molecular formula is C28H25ClFN2O2S+. The molecule has 35 heavy (non-hydrogen) atoms. The first-order valence-corrected chi connectivity index (χ1v) is 12.3. The highest BCUT2D eigenvalue weighted by Gasteiger charge is 2.16. The summed E-state index contributed by atoms with van der Waals surface area (Å²) in [5, 5.41) is 18.4. The molecule has 7 heteroatoms. The molecule has 4 aromatic carbocycles. The van der Waals surface area contributed by atoms with Crippen molar-refractivity contribution < 1.29 is 14.6 Å². The third kappa shape index (κ3) is 7.25. The van der Waals surface area contributed by atoms with Crippen molar-refractivity contribution >= 4 is 34.2 Å². The Kier molecular flexibility index (Phi) is 8.29. The van der Waals surface area contributed by atoms with E-state index in [4.69, 9.17) is 21.7 Å². The fourth-order valence-corrected chi connectivity index (χ4v) is 4.59. The van der Waals surface area contributed by atoms with Crippen LogP contribution in [0.2, 0.25) is 5.02 Å². The van der Waals surface area contributed by atoms with Crippen molar-refractivity contribution in [3.8, 4) is 11.5 Å². The molecule has 0 aliphatic carbocycles. The summed E-state index contributed by atoms with van der Waals surface area (Å²) >= 11 is 7.55. The summed E-state index contributed by atoms with van der Waals surface area (Å²) in [7, 11) is 0. The van der Waals surface area contributed by atoms with Crippen molar-refractivity contribution in [2.45, 2.75) is 17.9 Å². The summed E-state index contributed by atoms with van der Waals surface area (Å²) in [6, 6.07) is 29.0. The molecule has 178 valence electrons. The van der Waals surface area contributed by atoms with Gasteiger partial charge in [-0.2, -0.15) is 0 Å². The van der Waals surface area contributed by atoms with Crippen LogP contribution in [0, 0.1) is 5.82 Å². The first kappa shape index (κ1) is 24.6. The van der Waals surface area contributed by atoms with Crippen LogP contribution < -0.4 is 0 Å². The van der Waals surface area contributed by atoms with E-state index in [1.54, 1.807) is 24.3 Å². The maximum absolute atomic E-state index is 13.8. The fourth-order valence-electron chi connectivity index (χ4n) is 3.47. The molecule has 4 nitrogen and oxygen atoms in total. The normalized spacial score (nSPS) is 11.4. The first-order valence-electron chi connectivity index (χ1n) is 11.1. The van der Waals surface area contributed by atoms with E-state index in [1.807, 2.05) is 60.7 Å². The zero-order valence-corrected chi connectivity index (χ0v) is 20.4. The number of amidine groups is 1. The van der Waals surface area contributed by atoms with Gasteiger partial charge in [0.15, 0.2) is 5.17 Å². The van der Waals surface area contributed by atoms with Crippen LogP contribution in [0.4, 0.5) is 10.1 Å². The van der Waals surface area contributed by atoms with Gasteiger partial charge in [0.1, 0.15) is 11.6 Å². The molecule has 0 amide bonds. The Morgan fingerprint density at radius 3 is 2.40 bits per heavy atom. The van der Waals surface area contributed by atoms with E-state index in [0.29, 0.717) is 30.9 Å². The summed E-state index contributed by atoms with van der Waals surface area (Å²) < 4.78 is 13.8. The second-order valence-corrected chi connectivity index (χ2v) is 9.39. The highest BCUT2D eigenvalue weighted by molar-refractivity contribution is 8.13. The average molecular weight is 508 g/mol. The van der Waals surface area contributed by atoms with Crippen molar-refractivity contribution in [2.75, 3.05) is 6.54 Å². The summed E-state index contributed by atoms with van der Waals surface area (Å²) in [4.78, 5) is 8.04. The van der Waals surface area contributed by atoms with E-state index in [9.17, 15) is 9.50 Å². The third-order valence-corrected chi connectivity index (χ3v) is 6.59. The number of aliphatic imine (C=N–C) groups is 1. The Balaban J connectivity index is 1.70. The van der Waals surface area contributed by atoms with E-state index in [1.165, 1.54) is 23.9 Å². The van der Waals surface area contributed by atoms with Crippen LogP contribution in [-0.2, 0) is 13.0 Å².